The fourth-order valence-corrected chi connectivity index (χ4v) is 3.53. The average Bonchev–Trinajstić information content (AvgIpc) is 2.98. The Bertz CT molecular complexity index is 429. The molecule has 1 aromatic rings. The minimum Gasteiger partial charge on any atom is -0.411 e. The van der Waals surface area contributed by atoms with Gasteiger partial charge in [0.25, 0.3) is 0 Å². The summed E-state index contributed by atoms with van der Waals surface area (Å²) >= 11 is 0. The first-order chi connectivity index (χ1) is 8.31. The summed E-state index contributed by atoms with van der Waals surface area (Å²) in [6, 6.07) is 10.6. The van der Waals surface area contributed by atoms with Gasteiger partial charge in [0.05, 0.1) is 11.8 Å². The summed E-state index contributed by atoms with van der Waals surface area (Å²) < 4.78 is 0. The second-order valence-electron chi connectivity index (χ2n) is 5.19. The van der Waals surface area contributed by atoms with Crippen LogP contribution in [0, 0.1) is 11.8 Å². The van der Waals surface area contributed by atoms with Gasteiger partial charge in [0.2, 0.25) is 0 Å². The summed E-state index contributed by atoms with van der Waals surface area (Å²) in [4.78, 5) is 2.26. The largest absolute Gasteiger partial charge is 0.411 e. The van der Waals surface area contributed by atoms with E-state index in [2.05, 4.69) is 41.4 Å². The average molecular weight is 230 g/mol. The first-order valence-corrected chi connectivity index (χ1v) is 6.31. The SMILES string of the molecule is CN(c1ccccc1)[C@H]1/C(=N\O)[C@H]2CC[C@H]1C2. The molecule has 2 saturated carbocycles. The summed E-state index contributed by atoms with van der Waals surface area (Å²) in [5, 5.41) is 12.8. The molecule has 0 aromatic heterocycles. The molecule has 17 heavy (non-hydrogen) atoms. The fraction of sp³-hybridized carbons (Fsp3) is 0.500. The fourth-order valence-electron chi connectivity index (χ4n) is 3.53. The van der Waals surface area contributed by atoms with Crippen LogP contribution in [0.25, 0.3) is 0 Å². The van der Waals surface area contributed by atoms with Gasteiger partial charge in [-0.3, -0.25) is 0 Å². The second kappa shape index (κ2) is 4.06. The lowest BCUT2D eigenvalue weighted by atomic mass is 9.92. The summed E-state index contributed by atoms with van der Waals surface area (Å²) in [5.74, 6) is 1.18. The van der Waals surface area contributed by atoms with E-state index in [9.17, 15) is 5.21 Å². The number of para-hydroxylation sites is 1. The van der Waals surface area contributed by atoms with E-state index < -0.39 is 0 Å². The van der Waals surface area contributed by atoms with Gasteiger partial charge in [-0.2, -0.15) is 0 Å². The zero-order chi connectivity index (χ0) is 11.8. The van der Waals surface area contributed by atoms with Gasteiger partial charge in [-0.25, -0.2) is 0 Å². The number of anilines is 1. The van der Waals surface area contributed by atoms with Crippen molar-refractivity contribution >= 4 is 11.4 Å². The number of hydrogen-bond donors (Lipinski definition) is 1. The topological polar surface area (TPSA) is 35.8 Å². The van der Waals surface area contributed by atoms with Gasteiger partial charge in [-0.1, -0.05) is 23.4 Å². The van der Waals surface area contributed by atoms with E-state index in [4.69, 9.17) is 0 Å². The van der Waals surface area contributed by atoms with Crippen molar-refractivity contribution in [3.8, 4) is 0 Å². The van der Waals surface area contributed by atoms with Gasteiger partial charge in [0.1, 0.15) is 0 Å². The highest BCUT2D eigenvalue weighted by Gasteiger charge is 2.47. The third kappa shape index (κ3) is 1.61. The van der Waals surface area contributed by atoms with Gasteiger partial charge in [-0.15, -0.1) is 0 Å². The Balaban J connectivity index is 1.89. The molecule has 2 aliphatic rings. The van der Waals surface area contributed by atoms with Crippen LogP contribution in [-0.2, 0) is 0 Å². The van der Waals surface area contributed by atoms with Gasteiger partial charge >= 0.3 is 0 Å². The highest BCUT2D eigenvalue weighted by molar-refractivity contribution is 5.96. The molecule has 0 heterocycles. The molecule has 90 valence electrons. The van der Waals surface area contributed by atoms with Crippen LogP contribution in [0.1, 0.15) is 19.3 Å². The monoisotopic (exact) mass is 230 g/mol. The maximum atomic E-state index is 9.22. The van der Waals surface area contributed by atoms with Crippen molar-refractivity contribution in [3.05, 3.63) is 30.3 Å². The third-order valence-corrected chi connectivity index (χ3v) is 4.34. The van der Waals surface area contributed by atoms with Crippen molar-refractivity contribution in [2.75, 3.05) is 11.9 Å². The van der Waals surface area contributed by atoms with Gasteiger partial charge in [0, 0.05) is 18.7 Å². The van der Waals surface area contributed by atoms with E-state index in [1.165, 1.54) is 24.9 Å². The van der Waals surface area contributed by atoms with Gasteiger partial charge in [0.15, 0.2) is 0 Å². The molecule has 1 N–H and O–H groups in total. The van der Waals surface area contributed by atoms with Crippen molar-refractivity contribution in [1.29, 1.82) is 0 Å². The number of hydrogen-bond acceptors (Lipinski definition) is 3. The molecule has 0 amide bonds. The standard InChI is InChI=1S/C14H18N2O/c1-16(12-5-3-2-4-6-12)14-11-8-7-10(9-11)13(14)15-17/h2-6,10-11,14,17H,7-9H2,1H3/b15-13-/t10-,11-,14+/m0/s1. The van der Waals surface area contributed by atoms with Crippen molar-refractivity contribution in [1.82, 2.24) is 0 Å². The highest BCUT2D eigenvalue weighted by Crippen LogP contribution is 2.45. The van der Waals surface area contributed by atoms with Crippen molar-refractivity contribution in [3.63, 3.8) is 0 Å². The minimum atomic E-state index is 0.293. The van der Waals surface area contributed by atoms with E-state index in [0.29, 0.717) is 17.9 Å². The molecule has 3 rings (SSSR count). The molecule has 2 fully saturated rings. The summed E-state index contributed by atoms with van der Waals surface area (Å²) in [6.45, 7) is 0. The Morgan fingerprint density at radius 2 is 2.00 bits per heavy atom. The first-order valence-electron chi connectivity index (χ1n) is 6.31. The predicted molar refractivity (Wildman–Crippen MR) is 68.7 cm³/mol. The van der Waals surface area contributed by atoms with E-state index >= 15 is 0 Å². The molecule has 2 bridgehead atoms. The Hall–Kier alpha value is -1.51. The Morgan fingerprint density at radius 3 is 2.71 bits per heavy atom. The zero-order valence-electron chi connectivity index (χ0n) is 10.1. The van der Waals surface area contributed by atoms with Gasteiger partial charge in [-0.05, 0) is 37.3 Å². The summed E-state index contributed by atoms with van der Waals surface area (Å²) in [5.41, 5.74) is 2.19. The highest BCUT2D eigenvalue weighted by atomic mass is 16.4. The van der Waals surface area contributed by atoms with Crippen LogP contribution < -0.4 is 4.90 Å². The van der Waals surface area contributed by atoms with Crippen LogP contribution in [0.2, 0.25) is 0 Å². The lowest BCUT2D eigenvalue weighted by Crippen LogP contribution is -2.42. The van der Waals surface area contributed by atoms with Crippen LogP contribution in [0.15, 0.2) is 35.5 Å². The van der Waals surface area contributed by atoms with Crippen LogP contribution in [0.4, 0.5) is 5.69 Å². The summed E-state index contributed by atoms with van der Waals surface area (Å²) in [6.07, 6.45) is 3.66. The summed E-state index contributed by atoms with van der Waals surface area (Å²) in [7, 11) is 2.10. The smallest absolute Gasteiger partial charge is 0.0828 e. The van der Waals surface area contributed by atoms with E-state index in [0.717, 1.165) is 5.71 Å². The molecule has 3 heteroatoms. The lowest BCUT2D eigenvalue weighted by molar-refractivity contribution is 0.311. The van der Waals surface area contributed by atoms with E-state index in [1.54, 1.807) is 0 Å². The Kier molecular flexibility index (Phi) is 2.54. The maximum Gasteiger partial charge on any atom is 0.0828 e. The lowest BCUT2D eigenvalue weighted by Gasteiger charge is -2.33. The van der Waals surface area contributed by atoms with Crippen molar-refractivity contribution in [2.24, 2.45) is 17.0 Å². The molecule has 3 atom stereocenters. The van der Waals surface area contributed by atoms with Crippen molar-refractivity contribution in [2.45, 2.75) is 25.3 Å². The number of oxime groups is 1. The molecule has 0 unspecified atom stereocenters. The first kappa shape index (κ1) is 10.6. The van der Waals surface area contributed by atoms with E-state index in [1.807, 2.05) is 6.07 Å². The number of nitrogens with zero attached hydrogens (tertiary/aromatic N) is 2. The molecular weight excluding hydrogens is 212 g/mol. The van der Waals surface area contributed by atoms with Crippen LogP contribution in [0.3, 0.4) is 0 Å². The van der Waals surface area contributed by atoms with E-state index in [-0.39, 0.29) is 0 Å². The third-order valence-electron chi connectivity index (χ3n) is 4.34. The predicted octanol–water partition coefficient (Wildman–Crippen LogP) is 2.75. The Morgan fingerprint density at radius 1 is 1.24 bits per heavy atom. The molecule has 2 aliphatic carbocycles. The van der Waals surface area contributed by atoms with Gasteiger partial charge < -0.3 is 10.1 Å². The zero-order valence-corrected chi connectivity index (χ0v) is 10.1. The number of rotatable bonds is 2. The molecular formula is C14H18N2O. The minimum absolute atomic E-state index is 0.293. The number of fused-ring (bicyclic) bond motifs is 2. The number of benzene rings is 1. The van der Waals surface area contributed by atoms with Crippen LogP contribution >= 0.6 is 0 Å². The molecule has 0 spiro atoms. The Labute approximate surface area is 102 Å². The van der Waals surface area contributed by atoms with Crippen LogP contribution in [0.5, 0.6) is 0 Å². The maximum absolute atomic E-state index is 9.22. The van der Waals surface area contributed by atoms with Crippen LogP contribution in [-0.4, -0.2) is 24.0 Å². The molecule has 0 aliphatic heterocycles. The molecule has 3 nitrogen and oxygen atoms in total. The molecule has 0 saturated heterocycles. The quantitative estimate of drug-likeness (QED) is 0.626. The molecule has 0 radical (unpaired) electrons. The second-order valence-corrected chi connectivity index (χ2v) is 5.19. The molecule has 1 aromatic carbocycles. The van der Waals surface area contributed by atoms with Crippen molar-refractivity contribution < 1.29 is 5.21 Å². The normalized spacial score (nSPS) is 33.2.